The second-order valence-corrected chi connectivity index (χ2v) is 7.80. The van der Waals surface area contributed by atoms with E-state index in [4.69, 9.17) is 9.47 Å². The van der Waals surface area contributed by atoms with Gasteiger partial charge in [0.2, 0.25) is 0 Å². The minimum atomic E-state index is -3.34. The molecule has 132 valence electrons. The van der Waals surface area contributed by atoms with Crippen molar-refractivity contribution < 1.29 is 22.7 Å². The fraction of sp³-hybridized carbons (Fsp3) is 0.278. The average molecular weight is 361 g/mol. The van der Waals surface area contributed by atoms with Gasteiger partial charge in [-0.05, 0) is 42.3 Å². The highest BCUT2D eigenvalue weighted by atomic mass is 32.2. The predicted molar refractivity (Wildman–Crippen MR) is 93.0 cm³/mol. The molecular weight excluding hydrogens is 342 g/mol. The summed E-state index contributed by atoms with van der Waals surface area (Å²) in [5.74, 6) is 1.15. The highest BCUT2D eigenvalue weighted by molar-refractivity contribution is 7.90. The standard InChI is InChI=1S/C18H19NO5S/c1-25(21,22)15-4-2-3-14(12-15)18(20)19-8-7-13-5-6-16-17(11-13)24-10-9-23-16/h2-6,11-12H,7-10H2,1H3,(H,19,20). The van der Waals surface area contributed by atoms with E-state index in [9.17, 15) is 13.2 Å². The largest absolute Gasteiger partial charge is 0.486 e. The van der Waals surface area contributed by atoms with E-state index in [0.29, 0.717) is 31.7 Å². The Morgan fingerprint density at radius 1 is 1.08 bits per heavy atom. The molecule has 0 fully saturated rings. The molecule has 1 amide bonds. The quantitative estimate of drug-likeness (QED) is 0.879. The summed E-state index contributed by atoms with van der Waals surface area (Å²) >= 11 is 0. The molecule has 2 aromatic carbocycles. The molecule has 1 heterocycles. The van der Waals surface area contributed by atoms with Gasteiger partial charge in [-0.1, -0.05) is 12.1 Å². The molecule has 1 aliphatic rings. The fourth-order valence-corrected chi connectivity index (χ4v) is 3.20. The van der Waals surface area contributed by atoms with Crippen LogP contribution in [0, 0.1) is 0 Å². The van der Waals surface area contributed by atoms with Crippen LogP contribution in [0.2, 0.25) is 0 Å². The van der Waals surface area contributed by atoms with E-state index in [0.717, 1.165) is 23.3 Å². The molecule has 6 nitrogen and oxygen atoms in total. The van der Waals surface area contributed by atoms with Crippen LogP contribution in [0.5, 0.6) is 11.5 Å². The van der Waals surface area contributed by atoms with Crippen LogP contribution in [0.4, 0.5) is 0 Å². The lowest BCUT2D eigenvalue weighted by Gasteiger charge is -2.18. The molecule has 0 spiro atoms. The highest BCUT2D eigenvalue weighted by Gasteiger charge is 2.13. The molecule has 0 saturated heterocycles. The summed E-state index contributed by atoms with van der Waals surface area (Å²) in [7, 11) is -3.34. The number of hydrogen-bond acceptors (Lipinski definition) is 5. The second-order valence-electron chi connectivity index (χ2n) is 5.78. The number of fused-ring (bicyclic) bond motifs is 1. The third-order valence-corrected chi connectivity index (χ3v) is 4.94. The molecule has 3 rings (SSSR count). The summed E-state index contributed by atoms with van der Waals surface area (Å²) in [5.41, 5.74) is 1.35. The third-order valence-electron chi connectivity index (χ3n) is 3.83. The Bertz CT molecular complexity index is 892. The minimum absolute atomic E-state index is 0.131. The third kappa shape index (κ3) is 4.30. The summed E-state index contributed by atoms with van der Waals surface area (Å²) in [4.78, 5) is 12.3. The molecule has 0 aliphatic carbocycles. The van der Waals surface area contributed by atoms with Crippen LogP contribution in [0.25, 0.3) is 0 Å². The summed E-state index contributed by atoms with van der Waals surface area (Å²) in [6.45, 7) is 1.51. The summed E-state index contributed by atoms with van der Waals surface area (Å²) in [6, 6.07) is 11.7. The molecule has 0 atom stereocenters. The van der Waals surface area contributed by atoms with Crippen LogP contribution >= 0.6 is 0 Å². The number of carbonyl (C=O) groups is 1. The molecule has 2 aromatic rings. The van der Waals surface area contributed by atoms with E-state index < -0.39 is 9.84 Å². The Morgan fingerprint density at radius 3 is 2.60 bits per heavy atom. The minimum Gasteiger partial charge on any atom is -0.486 e. The van der Waals surface area contributed by atoms with Crippen molar-refractivity contribution in [3.05, 3.63) is 53.6 Å². The Labute approximate surface area is 146 Å². The first-order valence-electron chi connectivity index (χ1n) is 7.90. The fourth-order valence-electron chi connectivity index (χ4n) is 2.53. The van der Waals surface area contributed by atoms with Crippen LogP contribution in [0.3, 0.4) is 0 Å². The van der Waals surface area contributed by atoms with Gasteiger partial charge in [-0.3, -0.25) is 4.79 Å². The van der Waals surface area contributed by atoms with Crippen LogP contribution in [-0.4, -0.2) is 40.3 Å². The zero-order valence-corrected chi connectivity index (χ0v) is 14.6. The van der Waals surface area contributed by atoms with Gasteiger partial charge >= 0.3 is 0 Å². The maximum atomic E-state index is 12.2. The molecule has 1 aliphatic heterocycles. The summed E-state index contributed by atoms with van der Waals surface area (Å²) < 4.78 is 34.2. The van der Waals surface area contributed by atoms with Crippen molar-refractivity contribution in [2.75, 3.05) is 26.0 Å². The van der Waals surface area contributed by atoms with Crippen molar-refractivity contribution >= 4 is 15.7 Å². The first-order valence-corrected chi connectivity index (χ1v) is 9.79. The van der Waals surface area contributed by atoms with E-state index in [1.807, 2.05) is 18.2 Å². The van der Waals surface area contributed by atoms with Gasteiger partial charge in [0, 0.05) is 18.4 Å². The van der Waals surface area contributed by atoms with Gasteiger partial charge in [-0.15, -0.1) is 0 Å². The van der Waals surface area contributed by atoms with Gasteiger partial charge in [0.25, 0.3) is 5.91 Å². The second kappa shape index (κ2) is 7.14. The molecule has 25 heavy (non-hydrogen) atoms. The average Bonchev–Trinajstić information content (AvgIpc) is 2.61. The lowest BCUT2D eigenvalue weighted by Crippen LogP contribution is -2.26. The van der Waals surface area contributed by atoms with E-state index in [1.54, 1.807) is 12.1 Å². The van der Waals surface area contributed by atoms with Crippen molar-refractivity contribution in [3.63, 3.8) is 0 Å². The van der Waals surface area contributed by atoms with E-state index in [-0.39, 0.29) is 10.8 Å². The van der Waals surface area contributed by atoms with Crippen molar-refractivity contribution in [1.29, 1.82) is 0 Å². The number of carbonyl (C=O) groups excluding carboxylic acids is 1. The maximum Gasteiger partial charge on any atom is 0.251 e. The first-order chi connectivity index (χ1) is 11.9. The smallest absolute Gasteiger partial charge is 0.251 e. The molecule has 0 radical (unpaired) electrons. The molecule has 0 bridgehead atoms. The van der Waals surface area contributed by atoms with E-state index in [1.165, 1.54) is 12.1 Å². The number of rotatable bonds is 5. The van der Waals surface area contributed by atoms with Crippen LogP contribution < -0.4 is 14.8 Å². The summed E-state index contributed by atoms with van der Waals surface area (Å²) in [6.07, 6.45) is 1.75. The monoisotopic (exact) mass is 361 g/mol. The Hall–Kier alpha value is -2.54. The maximum absolute atomic E-state index is 12.2. The first kappa shape index (κ1) is 17.3. The van der Waals surface area contributed by atoms with Gasteiger partial charge in [0.05, 0.1) is 4.90 Å². The SMILES string of the molecule is CS(=O)(=O)c1cccc(C(=O)NCCc2ccc3c(c2)OCCO3)c1. The van der Waals surface area contributed by atoms with Crippen molar-refractivity contribution in [3.8, 4) is 11.5 Å². The zero-order valence-electron chi connectivity index (χ0n) is 13.8. The number of amides is 1. The normalized spacial score (nSPS) is 13.3. The molecule has 0 aromatic heterocycles. The van der Waals surface area contributed by atoms with Gasteiger partial charge in [0.1, 0.15) is 13.2 Å². The topological polar surface area (TPSA) is 81.7 Å². The number of ether oxygens (including phenoxy) is 2. The van der Waals surface area contributed by atoms with Crippen LogP contribution in [0.1, 0.15) is 15.9 Å². The van der Waals surface area contributed by atoms with Gasteiger partial charge in [-0.2, -0.15) is 0 Å². The van der Waals surface area contributed by atoms with Crippen molar-refractivity contribution in [1.82, 2.24) is 5.32 Å². The zero-order chi connectivity index (χ0) is 17.9. The number of nitrogens with one attached hydrogen (secondary N) is 1. The lowest BCUT2D eigenvalue weighted by atomic mass is 10.1. The Kier molecular flexibility index (Phi) is 4.94. The number of benzene rings is 2. The van der Waals surface area contributed by atoms with Crippen LogP contribution in [-0.2, 0) is 16.3 Å². The molecule has 0 saturated carbocycles. The molecule has 7 heteroatoms. The van der Waals surface area contributed by atoms with Crippen molar-refractivity contribution in [2.24, 2.45) is 0 Å². The Balaban J connectivity index is 1.60. The van der Waals surface area contributed by atoms with Crippen molar-refractivity contribution in [2.45, 2.75) is 11.3 Å². The molecular formula is C18H19NO5S. The lowest BCUT2D eigenvalue weighted by molar-refractivity contribution is 0.0954. The van der Waals surface area contributed by atoms with Crippen LogP contribution in [0.15, 0.2) is 47.4 Å². The van der Waals surface area contributed by atoms with Gasteiger partial charge in [0.15, 0.2) is 21.3 Å². The van der Waals surface area contributed by atoms with E-state index in [2.05, 4.69) is 5.32 Å². The number of sulfone groups is 1. The highest BCUT2D eigenvalue weighted by Crippen LogP contribution is 2.30. The summed E-state index contributed by atoms with van der Waals surface area (Å²) in [5, 5.41) is 2.80. The van der Waals surface area contributed by atoms with Gasteiger partial charge < -0.3 is 14.8 Å². The number of hydrogen-bond donors (Lipinski definition) is 1. The molecule has 1 N–H and O–H groups in total. The van der Waals surface area contributed by atoms with Gasteiger partial charge in [-0.25, -0.2) is 8.42 Å². The predicted octanol–water partition coefficient (Wildman–Crippen LogP) is 1.83. The Morgan fingerprint density at radius 2 is 1.84 bits per heavy atom. The van der Waals surface area contributed by atoms with E-state index >= 15 is 0 Å². The molecule has 0 unspecified atom stereocenters.